The molecule has 0 aromatic heterocycles. The smallest absolute Gasteiger partial charge is 0.166 e. The number of allylic oxidation sites excluding steroid dienone is 4. The first-order chi connectivity index (χ1) is 13.1. The largest absolute Gasteiger partial charge is 0.203 e. The first-order valence-electron chi connectivity index (χ1n) is 10.9. The Labute approximate surface area is 163 Å². The van der Waals surface area contributed by atoms with Crippen molar-refractivity contribution in [3.63, 3.8) is 0 Å². The van der Waals surface area contributed by atoms with Gasteiger partial charge in [-0.05, 0) is 55.1 Å². The molecule has 148 valence electrons. The van der Waals surface area contributed by atoms with Gasteiger partial charge < -0.3 is 0 Å². The van der Waals surface area contributed by atoms with Gasteiger partial charge in [-0.1, -0.05) is 82.2 Å². The lowest BCUT2D eigenvalue weighted by molar-refractivity contribution is 0.218. The van der Waals surface area contributed by atoms with Crippen LogP contribution in [0.5, 0.6) is 0 Å². The summed E-state index contributed by atoms with van der Waals surface area (Å²) in [6.45, 7) is 3.87. The second-order valence-electron chi connectivity index (χ2n) is 8.61. The van der Waals surface area contributed by atoms with Gasteiger partial charge in [0, 0.05) is 5.56 Å². The molecule has 2 aliphatic carbocycles. The highest BCUT2D eigenvalue weighted by Crippen LogP contribution is 2.40. The van der Waals surface area contributed by atoms with Crippen LogP contribution < -0.4 is 0 Å². The van der Waals surface area contributed by atoms with E-state index in [9.17, 15) is 8.78 Å². The lowest BCUT2D eigenvalue weighted by Gasteiger charge is -2.33. The van der Waals surface area contributed by atoms with Gasteiger partial charge in [0.05, 0.1) is 0 Å². The zero-order valence-corrected chi connectivity index (χ0v) is 16.9. The Morgan fingerprint density at radius 3 is 2.41 bits per heavy atom. The number of unbranched alkanes of at least 4 members (excludes halogenated alkanes) is 3. The summed E-state index contributed by atoms with van der Waals surface area (Å²) in [7, 11) is 0. The van der Waals surface area contributed by atoms with E-state index < -0.39 is 11.6 Å². The number of aryl methyl sites for hydroxylation is 1. The molecule has 1 saturated carbocycles. The van der Waals surface area contributed by atoms with Crippen molar-refractivity contribution in [3.8, 4) is 0 Å². The van der Waals surface area contributed by atoms with E-state index in [1.807, 2.05) is 6.08 Å². The lowest BCUT2D eigenvalue weighted by atomic mass is 9.72. The van der Waals surface area contributed by atoms with Gasteiger partial charge >= 0.3 is 0 Å². The standard InChI is InChI=1S/C25H34F2/c1-3-4-5-6-7-19-9-11-20(12-10-19)21-13-15-22(16-14-21)23-17-8-18(2)24(26)25(23)27/h8,13,15-17,19-21H,3-7,9-12,14H2,1-2H3/t19-,20-,21?. The molecule has 1 aromatic rings. The third-order valence-electron chi connectivity index (χ3n) is 6.68. The molecule has 0 saturated heterocycles. The van der Waals surface area contributed by atoms with Crippen LogP contribution in [0, 0.1) is 36.3 Å². The predicted octanol–water partition coefficient (Wildman–Crippen LogP) is 8.01. The molecule has 3 rings (SSSR count). The SMILES string of the molecule is CCCCCC[C@H]1CC[C@H](C2C=CC(c3ccc(C)c(F)c3F)=CC2)CC1. The van der Waals surface area contributed by atoms with E-state index in [-0.39, 0.29) is 0 Å². The van der Waals surface area contributed by atoms with Gasteiger partial charge in [0.25, 0.3) is 0 Å². The number of rotatable bonds is 7. The second-order valence-corrected chi connectivity index (χ2v) is 8.61. The maximum Gasteiger partial charge on any atom is 0.166 e. The number of hydrogen-bond acceptors (Lipinski definition) is 0. The molecule has 0 radical (unpaired) electrons. The molecule has 0 nitrogen and oxygen atoms in total. The van der Waals surface area contributed by atoms with Crippen LogP contribution in [0.2, 0.25) is 0 Å². The van der Waals surface area contributed by atoms with Crippen LogP contribution in [0.25, 0.3) is 5.57 Å². The van der Waals surface area contributed by atoms with Crippen molar-refractivity contribution in [2.45, 2.75) is 78.1 Å². The van der Waals surface area contributed by atoms with E-state index in [1.54, 1.807) is 19.1 Å². The molecule has 1 unspecified atom stereocenters. The Kier molecular flexibility index (Phi) is 7.26. The van der Waals surface area contributed by atoms with Crippen LogP contribution in [0.15, 0.2) is 30.4 Å². The minimum absolute atomic E-state index is 0.362. The third kappa shape index (κ3) is 5.09. The van der Waals surface area contributed by atoms with Gasteiger partial charge in [0.1, 0.15) is 0 Å². The molecule has 0 bridgehead atoms. The van der Waals surface area contributed by atoms with Crippen LogP contribution >= 0.6 is 0 Å². The molecule has 0 N–H and O–H groups in total. The molecular weight excluding hydrogens is 338 g/mol. The number of hydrogen-bond donors (Lipinski definition) is 0. The molecule has 27 heavy (non-hydrogen) atoms. The summed E-state index contributed by atoms with van der Waals surface area (Å²) in [5.74, 6) is 0.814. The molecule has 2 heteroatoms. The summed E-state index contributed by atoms with van der Waals surface area (Å²) in [5, 5.41) is 0. The lowest BCUT2D eigenvalue weighted by Crippen LogP contribution is -2.21. The Balaban J connectivity index is 1.50. The summed E-state index contributed by atoms with van der Waals surface area (Å²) in [5.41, 5.74) is 1.58. The molecule has 0 amide bonds. The quantitative estimate of drug-likeness (QED) is 0.425. The van der Waals surface area contributed by atoms with Crippen LogP contribution in [0.1, 0.15) is 82.3 Å². The summed E-state index contributed by atoms with van der Waals surface area (Å²) < 4.78 is 28.1. The van der Waals surface area contributed by atoms with Gasteiger partial charge in [0.2, 0.25) is 0 Å². The fourth-order valence-electron chi connectivity index (χ4n) is 4.82. The van der Waals surface area contributed by atoms with Crippen molar-refractivity contribution in [2.75, 3.05) is 0 Å². The fraction of sp³-hybridized carbons (Fsp3) is 0.600. The molecule has 1 atom stereocenters. The van der Waals surface area contributed by atoms with Crippen molar-refractivity contribution in [1.29, 1.82) is 0 Å². The van der Waals surface area contributed by atoms with Crippen LogP contribution in [-0.2, 0) is 0 Å². The Hall–Kier alpha value is -1.44. The van der Waals surface area contributed by atoms with Crippen LogP contribution in [-0.4, -0.2) is 0 Å². The highest BCUT2D eigenvalue weighted by molar-refractivity contribution is 5.75. The van der Waals surface area contributed by atoms with Crippen molar-refractivity contribution in [2.24, 2.45) is 17.8 Å². The maximum atomic E-state index is 14.2. The van der Waals surface area contributed by atoms with E-state index in [0.717, 1.165) is 23.8 Å². The Morgan fingerprint density at radius 1 is 0.963 bits per heavy atom. The van der Waals surface area contributed by atoms with E-state index in [2.05, 4.69) is 19.1 Å². The molecule has 0 spiro atoms. The van der Waals surface area contributed by atoms with Crippen molar-refractivity contribution >= 4 is 5.57 Å². The molecular formula is C25H34F2. The van der Waals surface area contributed by atoms with Crippen molar-refractivity contribution in [3.05, 3.63) is 53.1 Å². The number of benzene rings is 1. The average molecular weight is 373 g/mol. The van der Waals surface area contributed by atoms with Crippen LogP contribution in [0.3, 0.4) is 0 Å². The van der Waals surface area contributed by atoms with Gasteiger partial charge in [0.15, 0.2) is 11.6 Å². The molecule has 0 heterocycles. The normalized spacial score (nSPS) is 25.5. The Morgan fingerprint density at radius 2 is 1.74 bits per heavy atom. The average Bonchev–Trinajstić information content (AvgIpc) is 2.70. The first-order valence-corrected chi connectivity index (χ1v) is 10.9. The second kappa shape index (κ2) is 9.66. The highest BCUT2D eigenvalue weighted by atomic mass is 19.2. The van der Waals surface area contributed by atoms with Crippen molar-refractivity contribution < 1.29 is 8.78 Å². The number of halogens is 2. The summed E-state index contributed by atoms with van der Waals surface area (Å²) in [6.07, 6.45) is 19.6. The van der Waals surface area contributed by atoms with E-state index in [4.69, 9.17) is 0 Å². The molecule has 1 aromatic carbocycles. The van der Waals surface area contributed by atoms with E-state index in [0.29, 0.717) is 17.0 Å². The van der Waals surface area contributed by atoms with Crippen molar-refractivity contribution in [1.82, 2.24) is 0 Å². The predicted molar refractivity (Wildman–Crippen MR) is 111 cm³/mol. The fourth-order valence-corrected chi connectivity index (χ4v) is 4.82. The van der Waals surface area contributed by atoms with E-state index >= 15 is 0 Å². The van der Waals surface area contributed by atoms with Gasteiger partial charge in [-0.15, -0.1) is 0 Å². The van der Waals surface area contributed by atoms with Gasteiger partial charge in [-0.3, -0.25) is 0 Å². The monoisotopic (exact) mass is 372 g/mol. The van der Waals surface area contributed by atoms with Gasteiger partial charge in [-0.25, -0.2) is 8.78 Å². The summed E-state index contributed by atoms with van der Waals surface area (Å²) >= 11 is 0. The summed E-state index contributed by atoms with van der Waals surface area (Å²) in [6, 6.07) is 3.37. The highest BCUT2D eigenvalue weighted by Gasteiger charge is 2.27. The third-order valence-corrected chi connectivity index (χ3v) is 6.68. The van der Waals surface area contributed by atoms with Gasteiger partial charge in [-0.2, -0.15) is 0 Å². The Bertz CT molecular complexity index is 678. The molecule has 0 aliphatic heterocycles. The molecule has 1 fully saturated rings. The minimum atomic E-state index is -0.721. The molecule has 2 aliphatic rings. The summed E-state index contributed by atoms with van der Waals surface area (Å²) in [4.78, 5) is 0. The zero-order chi connectivity index (χ0) is 19.2. The van der Waals surface area contributed by atoms with Crippen LogP contribution in [0.4, 0.5) is 8.78 Å². The van der Waals surface area contributed by atoms with E-state index in [1.165, 1.54) is 57.8 Å². The first kappa shape index (κ1) is 20.3. The zero-order valence-electron chi connectivity index (χ0n) is 16.9. The minimum Gasteiger partial charge on any atom is -0.203 e. The topological polar surface area (TPSA) is 0 Å². The maximum absolute atomic E-state index is 14.2.